The third-order valence-electron chi connectivity index (χ3n) is 3.63. The Hall–Kier alpha value is -1.50. The Morgan fingerprint density at radius 3 is 2.78 bits per heavy atom. The second kappa shape index (κ2) is 7.38. The van der Waals surface area contributed by atoms with Crippen LogP contribution in [0.1, 0.15) is 22.7 Å². The molecule has 0 amide bonds. The number of aromatic nitrogens is 2. The largest absolute Gasteiger partial charge is 0.396 e. The summed E-state index contributed by atoms with van der Waals surface area (Å²) in [5.74, 6) is 0.952. The Bertz CT molecular complexity index is 777. The molecule has 23 heavy (non-hydrogen) atoms. The lowest BCUT2D eigenvalue weighted by Gasteiger charge is -2.08. The van der Waals surface area contributed by atoms with Crippen LogP contribution in [0.15, 0.2) is 35.4 Å². The first-order valence-electron chi connectivity index (χ1n) is 7.69. The standard InChI is InChI=1S/C17H21N3OS2/c1-12-11-20-16(13(2)19-17(20)23-12)10-18-14-4-6-15(7-5-14)22-9-3-8-21/h4-7,11,18,21H,3,8-10H2,1-2H3. The zero-order valence-electron chi connectivity index (χ0n) is 13.4. The summed E-state index contributed by atoms with van der Waals surface area (Å²) in [6.45, 7) is 5.19. The topological polar surface area (TPSA) is 49.6 Å². The van der Waals surface area contributed by atoms with E-state index in [-0.39, 0.29) is 6.61 Å². The van der Waals surface area contributed by atoms with Gasteiger partial charge in [0.2, 0.25) is 0 Å². The fourth-order valence-electron chi connectivity index (χ4n) is 2.43. The van der Waals surface area contributed by atoms with Crippen molar-refractivity contribution >= 4 is 33.7 Å². The molecule has 4 nitrogen and oxygen atoms in total. The van der Waals surface area contributed by atoms with Gasteiger partial charge >= 0.3 is 0 Å². The summed E-state index contributed by atoms with van der Waals surface area (Å²) in [7, 11) is 0. The highest BCUT2D eigenvalue weighted by Gasteiger charge is 2.10. The van der Waals surface area contributed by atoms with E-state index < -0.39 is 0 Å². The van der Waals surface area contributed by atoms with Gasteiger partial charge in [0.1, 0.15) is 0 Å². The van der Waals surface area contributed by atoms with Crippen molar-refractivity contribution in [1.82, 2.24) is 9.38 Å². The average Bonchev–Trinajstić information content (AvgIpc) is 3.02. The van der Waals surface area contributed by atoms with E-state index in [9.17, 15) is 0 Å². The lowest BCUT2D eigenvalue weighted by molar-refractivity contribution is 0.296. The number of aliphatic hydroxyl groups is 1. The van der Waals surface area contributed by atoms with Gasteiger partial charge in [0.25, 0.3) is 0 Å². The minimum atomic E-state index is 0.258. The summed E-state index contributed by atoms with van der Waals surface area (Å²) >= 11 is 3.50. The molecule has 0 unspecified atom stereocenters. The van der Waals surface area contributed by atoms with Crippen LogP contribution in [0.25, 0.3) is 4.96 Å². The number of fused-ring (bicyclic) bond motifs is 1. The Labute approximate surface area is 144 Å². The van der Waals surface area contributed by atoms with Crippen molar-refractivity contribution in [2.75, 3.05) is 17.7 Å². The predicted molar refractivity (Wildman–Crippen MR) is 98.7 cm³/mol. The Kier molecular flexibility index (Phi) is 5.25. The van der Waals surface area contributed by atoms with Crippen molar-refractivity contribution < 1.29 is 5.11 Å². The first-order chi connectivity index (χ1) is 11.2. The number of anilines is 1. The zero-order chi connectivity index (χ0) is 16.2. The van der Waals surface area contributed by atoms with Crippen LogP contribution >= 0.6 is 23.1 Å². The number of nitrogens with one attached hydrogen (secondary N) is 1. The van der Waals surface area contributed by atoms with Gasteiger partial charge in [-0.1, -0.05) is 0 Å². The number of thioether (sulfide) groups is 1. The third kappa shape index (κ3) is 3.88. The molecule has 1 aromatic carbocycles. The van der Waals surface area contributed by atoms with Crippen molar-refractivity contribution in [2.24, 2.45) is 0 Å². The smallest absolute Gasteiger partial charge is 0.194 e. The number of hydrogen-bond donors (Lipinski definition) is 2. The molecule has 0 aliphatic rings. The summed E-state index contributed by atoms with van der Waals surface area (Å²) in [6.07, 6.45) is 2.99. The van der Waals surface area contributed by atoms with Crippen molar-refractivity contribution in [3.63, 3.8) is 0 Å². The van der Waals surface area contributed by atoms with Gasteiger partial charge in [-0.05, 0) is 44.5 Å². The van der Waals surface area contributed by atoms with Crippen LogP contribution in [0.4, 0.5) is 5.69 Å². The minimum absolute atomic E-state index is 0.258. The van der Waals surface area contributed by atoms with E-state index >= 15 is 0 Å². The maximum Gasteiger partial charge on any atom is 0.194 e. The normalized spacial score (nSPS) is 11.3. The number of aryl methyl sites for hydroxylation is 2. The third-order valence-corrected chi connectivity index (χ3v) is 5.62. The summed E-state index contributed by atoms with van der Waals surface area (Å²) in [4.78, 5) is 8.19. The van der Waals surface area contributed by atoms with Crippen LogP contribution in [0.5, 0.6) is 0 Å². The first-order valence-corrected chi connectivity index (χ1v) is 9.49. The van der Waals surface area contributed by atoms with Crippen molar-refractivity contribution in [1.29, 1.82) is 0 Å². The number of benzene rings is 1. The second-order valence-corrected chi connectivity index (χ2v) is 7.82. The van der Waals surface area contributed by atoms with Crippen LogP contribution in [-0.2, 0) is 6.54 Å². The van der Waals surface area contributed by atoms with Crippen molar-refractivity contribution in [3.05, 3.63) is 46.7 Å². The molecule has 0 bridgehead atoms. The van der Waals surface area contributed by atoms with Gasteiger partial charge in [0, 0.05) is 34.0 Å². The van der Waals surface area contributed by atoms with Gasteiger partial charge in [0.15, 0.2) is 4.96 Å². The maximum absolute atomic E-state index is 8.82. The van der Waals surface area contributed by atoms with Crippen molar-refractivity contribution in [2.45, 2.75) is 31.7 Å². The van der Waals surface area contributed by atoms with Crippen LogP contribution in [0.3, 0.4) is 0 Å². The van der Waals surface area contributed by atoms with Gasteiger partial charge < -0.3 is 10.4 Å². The minimum Gasteiger partial charge on any atom is -0.396 e. The van der Waals surface area contributed by atoms with E-state index in [0.717, 1.165) is 35.1 Å². The highest BCUT2D eigenvalue weighted by molar-refractivity contribution is 7.99. The van der Waals surface area contributed by atoms with Gasteiger partial charge in [-0.25, -0.2) is 4.98 Å². The SMILES string of the molecule is Cc1cn2c(CNc3ccc(SCCCO)cc3)c(C)nc2s1. The van der Waals surface area contributed by atoms with E-state index in [2.05, 4.69) is 59.0 Å². The van der Waals surface area contributed by atoms with Gasteiger partial charge in [0.05, 0.1) is 17.9 Å². The number of hydrogen-bond acceptors (Lipinski definition) is 5. The van der Waals surface area contributed by atoms with E-state index in [0.29, 0.717) is 0 Å². The van der Waals surface area contributed by atoms with E-state index in [4.69, 9.17) is 5.11 Å². The first kappa shape index (κ1) is 16.4. The summed E-state index contributed by atoms with van der Waals surface area (Å²) in [5.41, 5.74) is 3.41. The van der Waals surface area contributed by atoms with Gasteiger partial charge in [-0.2, -0.15) is 0 Å². The van der Waals surface area contributed by atoms with E-state index in [1.807, 2.05) is 0 Å². The zero-order valence-corrected chi connectivity index (χ0v) is 15.0. The van der Waals surface area contributed by atoms with Gasteiger partial charge in [-0.15, -0.1) is 23.1 Å². The van der Waals surface area contributed by atoms with Crippen LogP contribution < -0.4 is 5.32 Å². The molecular weight excluding hydrogens is 326 g/mol. The highest BCUT2D eigenvalue weighted by Crippen LogP contribution is 2.23. The molecule has 0 aliphatic heterocycles. The molecule has 2 heterocycles. The number of aliphatic hydroxyl groups excluding tert-OH is 1. The summed E-state index contributed by atoms with van der Waals surface area (Å²) < 4.78 is 2.18. The highest BCUT2D eigenvalue weighted by atomic mass is 32.2. The number of imidazole rings is 1. The molecule has 0 aliphatic carbocycles. The van der Waals surface area contributed by atoms with Crippen LogP contribution in [0, 0.1) is 13.8 Å². The predicted octanol–water partition coefficient (Wildman–Crippen LogP) is 4.10. The molecule has 0 saturated heterocycles. The molecule has 0 saturated carbocycles. The Morgan fingerprint density at radius 1 is 1.26 bits per heavy atom. The van der Waals surface area contributed by atoms with Crippen LogP contribution in [0.2, 0.25) is 0 Å². The average molecular weight is 348 g/mol. The maximum atomic E-state index is 8.82. The Balaban J connectivity index is 1.64. The molecule has 0 atom stereocenters. The molecule has 2 N–H and O–H groups in total. The number of nitrogens with zero attached hydrogens (tertiary/aromatic N) is 2. The van der Waals surface area contributed by atoms with Crippen molar-refractivity contribution in [3.8, 4) is 0 Å². The van der Waals surface area contributed by atoms with E-state index in [1.165, 1.54) is 15.5 Å². The molecule has 0 radical (unpaired) electrons. The molecule has 122 valence electrons. The number of thiazole rings is 1. The molecule has 2 aromatic heterocycles. The monoisotopic (exact) mass is 347 g/mol. The molecule has 3 aromatic rings. The molecule has 6 heteroatoms. The summed E-state index contributed by atoms with van der Waals surface area (Å²) in [6, 6.07) is 8.46. The Morgan fingerprint density at radius 2 is 2.04 bits per heavy atom. The molecule has 0 fully saturated rings. The summed E-state index contributed by atoms with van der Waals surface area (Å²) in [5, 5.41) is 12.3. The molecule has 0 spiro atoms. The van der Waals surface area contributed by atoms with Gasteiger partial charge in [-0.3, -0.25) is 4.40 Å². The van der Waals surface area contributed by atoms with Crippen LogP contribution in [-0.4, -0.2) is 26.9 Å². The lowest BCUT2D eigenvalue weighted by atomic mass is 10.3. The molecular formula is C17H21N3OS2. The lowest BCUT2D eigenvalue weighted by Crippen LogP contribution is -2.03. The fraction of sp³-hybridized carbons (Fsp3) is 0.353. The molecule has 3 rings (SSSR count). The number of rotatable bonds is 7. The second-order valence-electron chi connectivity index (χ2n) is 5.44. The quantitative estimate of drug-likeness (QED) is 0.499. The fourth-order valence-corrected chi connectivity index (χ4v) is 4.16. The van der Waals surface area contributed by atoms with E-state index in [1.54, 1.807) is 23.1 Å².